The molecule has 0 aliphatic carbocycles. The minimum atomic E-state index is -0.543. The fourth-order valence-electron chi connectivity index (χ4n) is 1.76. The van der Waals surface area contributed by atoms with Crippen molar-refractivity contribution in [2.75, 3.05) is 0 Å². The Labute approximate surface area is 135 Å². The molecule has 0 spiro atoms. The molecule has 0 unspecified atom stereocenters. The summed E-state index contributed by atoms with van der Waals surface area (Å²) in [6, 6.07) is 5.51. The molecule has 0 aromatic heterocycles. The van der Waals surface area contributed by atoms with E-state index in [9.17, 15) is 14.9 Å². The van der Waals surface area contributed by atoms with Crippen molar-refractivity contribution in [3.8, 4) is 0 Å². The van der Waals surface area contributed by atoms with Crippen molar-refractivity contribution in [1.82, 2.24) is 5.43 Å². The lowest BCUT2D eigenvalue weighted by atomic mass is 10.1. The van der Waals surface area contributed by atoms with Gasteiger partial charge in [-0.15, -0.1) is 0 Å². The van der Waals surface area contributed by atoms with Gasteiger partial charge in [0, 0.05) is 23.9 Å². The summed E-state index contributed by atoms with van der Waals surface area (Å²) in [5.41, 5.74) is 4.85. The molecule has 0 aliphatic heterocycles. The van der Waals surface area contributed by atoms with Crippen LogP contribution < -0.4 is 5.43 Å². The second-order valence-electron chi connectivity index (χ2n) is 5.36. The summed E-state index contributed by atoms with van der Waals surface area (Å²) in [4.78, 5) is 22.0. The summed E-state index contributed by atoms with van der Waals surface area (Å²) in [6.45, 7) is 6.11. The van der Waals surface area contributed by atoms with E-state index in [-0.39, 0.29) is 11.3 Å². The number of allylic oxidation sites excluding steroid dienone is 4. The Balaban J connectivity index is 2.54. The van der Waals surface area contributed by atoms with Crippen molar-refractivity contribution in [1.29, 1.82) is 0 Å². The average molecular weight is 315 g/mol. The van der Waals surface area contributed by atoms with E-state index in [0.717, 1.165) is 18.4 Å². The second-order valence-corrected chi connectivity index (χ2v) is 5.36. The highest BCUT2D eigenvalue weighted by Crippen LogP contribution is 2.12. The van der Waals surface area contributed by atoms with E-state index in [0.29, 0.717) is 0 Å². The van der Waals surface area contributed by atoms with Crippen molar-refractivity contribution in [3.05, 3.63) is 63.2 Å². The number of nitro groups is 1. The molecule has 6 nitrogen and oxygen atoms in total. The van der Waals surface area contributed by atoms with Crippen LogP contribution in [0.5, 0.6) is 0 Å². The average Bonchev–Trinajstić information content (AvgIpc) is 2.51. The zero-order valence-corrected chi connectivity index (χ0v) is 13.6. The van der Waals surface area contributed by atoms with Gasteiger partial charge in [-0.1, -0.05) is 23.3 Å². The number of non-ortho nitro benzene ring substituents is 1. The number of nitrogens with zero attached hydrogens (tertiary/aromatic N) is 2. The van der Waals surface area contributed by atoms with E-state index >= 15 is 0 Å². The van der Waals surface area contributed by atoms with Crippen LogP contribution in [0, 0.1) is 10.1 Å². The SMILES string of the molecule is CC(C)=CCC/C(C)=C\C=NNC(=O)c1cccc([N+](=O)[O-])c1. The Morgan fingerprint density at radius 2 is 2.09 bits per heavy atom. The van der Waals surface area contributed by atoms with Gasteiger partial charge in [-0.05, 0) is 45.8 Å². The highest BCUT2D eigenvalue weighted by atomic mass is 16.6. The van der Waals surface area contributed by atoms with E-state index in [4.69, 9.17) is 0 Å². The van der Waals surface area contributed by atoms with Crippen LogP contribution in [0.2, 0.25) is 0 Å². The Morgan fingerprint density at radius 3 is 2.74 bits per heavy atom. The van der Waals surface area contributed by atoms with E-state index in [2.05, 4.69) is 30.5 Å². The molecule has 23 heavy (non-hydrogen) atoms. The molecule has 122 valence electrons. The number of benzene rings is 1. The van der Waals surface area contributed by atoms with Crippen molar-refractivity contribution in [2.45, 2.75) is 33.6 Å². The van der Waals surface area contributed by atoms with E-state index in [1.807, 2.05) is 13.0 Å². The second kappa shape index (κ2) is 9.30. The number of nitro benzene ring substituents is 1. The number of rotatable bonds is 7. The molecule has 1 N–H and O–H groups in total. The smallest absolute Gasteiger partial charge is 0.267 e. The number of hydrogen-bond donors (Lipinski definition) is 1. The molecule has 0 fully saturated rings. The van der Waals surface area contributed by atoms with Gasteiger partial charge in [-0.2, -0.15) is 5.10 Å². The summed E-state index contributed by atoms with van der Waals surface area (Å²) in [7, 11) is 0. The Hall–Kier alpha value is -2.76. The standard InChI is InChI=1S/C17H21N3O3/c1-13(2)6-4-7-14(3)10-11-18-19-17(21)15-8-5-9-16(12-15)20(22)23/h5-6,8-12H,4,7H2,1-3H3,(H,19,21)/b14-10-,18-11?. The van der Waals surface area contributed by atoms with E-state index < -0.39 is 10.8 Å². The van der Waals surface area contributed by atoms with Gasteiger partial charge in [0.25, 0.3) is 11.6 Å². The monoisotopic (exact) mass is 315 g/mol. The van der Waals surface area contributed by atoms with Gasteiger partial charge in [0.05, 0.1) is 4.92 Å². The molecular weight excluding hydrogens is 294 g/mol. The largest absolute Gasteiger partial charge is 0.271 e. The van der Waals surface area contributed by atoms with Crippen LogP contribution in [0.15, 0.2) is 52.7 Å². The first-order valence-electron chi connectivity index (χ1n) is 7.27. The quantitative estimate of drug-likeness (QED) is 0.357. The maximum atomic E-state index is 11.8. The molecule has 0 aliphatic rings. The Kier molecular flexibility index (Phi) is 7.39. The van der Waals surface area contributed by atoms with Crippen molar-refractivity contribution in [3.63, 3.8) is 0 Å². The Morgan fingerprint density at radius 1 is 1.35 bits per heavy atom. The van der Waals surface area contributed by atoms with Crippen molar-refractivity contribution in [2.24, 2.45) is 5.10 Å². The normalized spacial score (nSPS) is 11.3. The summed E-state index contributed by atoms with van der Waals surface area (Å²) in [6.07, 6.45) is 7.40. The highest BCUT2D eigenvalue weighted by molar-refractivity contribution is 5.95. The van der Waals surface area contributed by atoms with Gasteiger partial charge in [-0.25, -0.2) is 5.43 Å². The topological polar surface area (TPSA) is 84.6 Å². The molecule has 1 rings (SSSR count). The summed E-state index contributed by atoms with van der Waals surface area (Å²) in [5, 5.41) is 14.5. The molecule has 0 radical (unpaired) electrons. The third-order valence-corrected chi connectivity index (χ3v) is 3.01. The molecule has 0 atom stereocenters. The lowest BCUT2D eigenvalue weighted by molar-refractivity contribution is -0.384. The van der Waals surface area contributed by atoms with Gasteiger partial charge in [0.2, 0.25) is 0 Å². The lowest BCUT2D eigenvalue weighted by Gasteiger charge is -1.99. The van der Waals surface area contributed by atoms with Gasteiger partial charge >= 0.3 is 0 Å². The molecule has 0 saturated heterocycles. The first kappa shape index (κ1) is 18.3. The molecule has 0 saturated carbocycles. The first-order chi connectivity index (χ1) is 10.9. The number of carbonyl (C=O) groups is 1. The molecular formula is C17H21N3O3. The van der Waals surface area contributed by atoms with Crippen LogP contribution >= 0.6 is 0 Å². The number of carbonyl (C=O) groups excluding carboxylic acids is 1. The molecule has 1 amide bonds. The summed E-state index contributed by atoms with van der Waals surface area (Å²) < 4.78 is 0. The number of amides is 1. The van der Waals surface area contributed by atoms with Gasteiger partial charge < -0.3 is 0 Å². The zero-order chi connectivity index (χ0) is 17.2. The van der Waals surface area contributed by atoms with Crippen LogP contribution in [-0.2, 0) is 0 Å². The summed E-state index contributed by atoms with van der Waals surface area (Å²) >= 11 is 0. The highest BCUT2D eigenvalue weighted by Gasteiger charge is 2.10. The van der Waals surface area contributed by atoms with Crippen LogP contribution in [0.25, 0.3) is 0 Å². The predicted molar refractivity (Wildman–Crippen MR) is 91.5 cm³/mol. The number of nitrogens with one attached hydrogen (secondary N) is 1. The number of hydrogen-bond acceptors (Lipinski definition) is 4. The lowest BCUT2D eigenvalue weighted by Crippen LogP contribution is -2.17. The molecule has 1 aromatic carbocycles. The van der Waals surface area contributed by atoms with Gasteiger partial charge in [0.15, 0.2) is 0 Å². The zero-order valence-electron chi connectivity index (χ0n) is 13.6. The van der Waals surface area contributed by atoms with Crippen molar-refractivity contribution < 1.29 is 9.72 Å². The molecule has 0 heterocycles. The van der Waals surface area contributed by atoms with Crippen molar-refractivity contribution >= 4 is 17.8 Å². The minimum absolute atomic E-state index is 0.128. The Bertz CT molecular complexity index is 657. The fraction of sp³-hybridized carbons (Fsp3) is 0.294. The van der Waals surface area contributed by atoms with Crippen LogP contribution in [-0.4, -0.2) is 17.0 Å². The summed E-state index contributed by atoms with van der Waals surface area (Å²) in [5.74, 6) is -0.486. The van der Waals surface area contributed by atoms with Gasteiger partial charge in [-0.3, -0.25) is 14.9 Å². The van der Waals surface area contributed by atoms with Crippen LogP contribution in [0.3, 0.4) is 0 Å². The van der Waals surface area contributed by atoms with Crippen LogP contribution in [0.4, 0.5) is 5.69 Å². The molecule has 0 bridgehead atoms. The fourth-order valence-corrected chi connectivity index (χ4v) is 1.76. The van der Waals surface area contributed by atoms with E-state index in [1.54, 1.807) is 0 Å². The third kappa shape index (κ3) is 7.17. The maximum Gasteiger partial charge on any atom is 0.271 e. The van der Waals surface area contributed by atoms with Gasteiger partial charge in [0.1, 0.15) is 0 Å². The van der Waals surface area contributed by atoms with E-state index in [1.165, 1.54) is 36.1 Å². The minimum Gasteiger partial charge on any atom is -0.267 e. The predicted octanol–water partition coefficient (Wildman–Crippen LogP) is 4.00. The maximum absolute atomic E-state index is 11.8. The third-order valence-electron chi connectivity index (χ3n) is 3.01. The molecule has 6 heteroatoms. The molecule has 1 aromatic rings. The first-order valence-corrected chi connectivity index (χ1v) is 7.27. The number of hydrazone groups is 1. The van der Waals surface area contributed by atoms with Crippen LogP contribution in [0.1, 0.15) is 44.0 Å².